The first-order valence-electron chi connectivity index (χ1n) is 12.3. The van der Waals surface area contributed by atoms with E-state index in [2.05, 4.69) is 28.4 Å². The summed E-state index contributed by atoms with van der Waals surface area (Å²) in [6, 6.07) is 22.5. The molecule has 0 aliphatic carbocycles. The Morgan fingerprint density at radius 3 is 2.37 bits per heavy atom. The van der Waals surface area contributed by atoms with Crippen LogP contribution in [0.4, 0.5) is 13.2 Å². The third-order valence-electron chi connectivity index (χ3n) is 7.61. The number of hydrogen-bond donors (Lipinski definition) is 1. The Morgan fingerprint density at radius 2 is 1.66 bits per heavy atom. The number of fused-ring (bicyclic) bond motifs is 3. The molecule has 2 unspecified atom stereocenters. The molecule has 3 aromatic carbocycles. The fourth-order valence-corrected chi connectivity index (χ4v) is 5.74. The molecule has 0 spiro atoms. The Kier molecular flexibility index (Phi) is 6.85. The second kappa shape index (κ2) is 10.0. The van der Waals surface area contributed by atoms with Gasteiger partial charge in [0, 0.05) is 24.2 Å². The van der Waals surface area contributed by atoms with Crippen molar-refractivity contribution in [3.8, 4) is 16.9 Å². The Balaban J connectivity index is 1.31. The smallest absolute Gasteiger partial charge is 0.416 e. The van der Waals surface area contributed by atoms with Gasteiger partial charge in [-0.3, -0.25) is 4.90 Å². The molecule has 0 amide bonds. The Morgan fingerprint density at radius 1 is 0.914 bits per heavy atom. The van der Waals surface area contributed by atoms with E-state index in [-0.39, 0.29) is 0 Å². The summed E-state index contributed by atoms with van der Waals surface area (Å²) in [5.74, 6) is 1.56. The van der Waals surface area contributed by atoms with Crippen molar-refractivity contribution in [2.45, 2.75) is 44.1 Å². The molecule has 3 aliphatic rings. The number of nitrogens with one attached hydrogen (secondary N) is 1. The number of benzene rings is 3. The Hall–Kier alpha value is -2.83. The molecule has 3 heterocycles. The number of hydrogen-bond acceptors (Lipinski definition) is 3. The molecule has 2 bridgehead atoms. The molecule has 3 aromatic rings. The van der Waals surface area contributed by atoms with Crippen LogP contribution in [0.5, 0.6) is 5.75 Å². The average molecular weight is 481 g/mol. The number of halogens is 3. The number of ether oxygens (including phenoxy) is 1. The van der Waals surface area contributed by atoms with E-state index < -0.39 is 11.7 Å². The monoisotopic (exact) mass is 480 g/mol. The minimum absolute atomic E-state index is 0.394. The average Bonchev–Trinajstić information content (AvgIpc) is 2.89. The molecule has 6 heteroatoms. The van der Waals surface area contributed by atoms with Gasteiger partial charge in [-0.15, -0.1) is 0 Å². The molecule has 184 valence electrons. The van der Waals surface area contributed by atoms with Gasteiger partial charge in [0.2, 0.25) is 0 Å². The van der Waals surface area contributed by atoms with Crippen LogP contribution in [-0.2, 0) is 19.1 Å². The SMILES string of the molecule is COc1ccccc1CNC1C2CCN(CC2)C1Cc1ccc(-c2cccc(C(F)(F)F)c2)cc1. The highest BCUT2D eigenvalue weighted by Crippen LogP contribution is 2.35. The lowest BCUT2D eigenvalue weighted by Gasteiger charge is -2.51. The van der Waals surface area contributed by atoms with Crippen LogP contribution in [0.2, 0.25) is 0 Å². The van der Waals surface area contributed by atoms with Crippen molar-refractivity contribution in [1.29, 1.82) is 0 Å². The number of nitrogens with zero attached hydrogens (tertiary/aromatic N) is 1. The number of methoxy groups -OCH3 is 1. The Bertz CT molecular complexity index is 1140. The zero-order valence-corrected chi connectivity index (χ0v) is 19.9. The molecule has 0 saturated carbocycles. The van der Waals surface area contributed by atoms with Crippen molar-refractivity contribution >= 4 is 0 Å². The highest BCUT2D eigenvalue weighted by molar-refractivity contribution is 5.64. The van der Waals surface area contributed by atoms with Crippen LogP contribution in [0.1, 0.15) is 29.5 Å². The van der Waals surface area contributed by atoms with Crippen molar-refractivity contribution in [2.24, 2.45) is 5.92 Å². The normalized spacial score (nSPS) is 23.9. The van der Waals surface area contributed by atoms with Crippen molar-refractivity contribution in [3.05, 3.63) is 89.5 Å². The highest BCUT2D eigenvalue weighted by atomic mass is 19.4. The number of para-hydroxylation sites is 1. The van der Waals surface area contributed by atoms with E-state index in [0.717, 1.165) is 49.0 Å². The molecule has 3 nitrogen and oxygen atoms in total. The van der Waals surface area contributed by atoms with Crippen molar-refractivity contribution in [2.75, 3.05) is 20.2 Å². The standard InChI is InChI=1S/C29H31F3N2O/c1-35-27-8-3-2-5-24(27)19-33-28-22-13-15-34(16-14-22)26(28)17-20-9-11-21(12-10-20)23-6-4-7-25(18-23)29(30,31)32/h2-12,18,22,26,28,33H,13-17,19H2,1H3. The van der Waals surface area contributed by atoms with E-state index in [4.69, 9.17) is 4.74 Å². The van der Waals surface area contributed by atoms with Gasteiger partial charge in [-0.1, -0.05) is 54.6 Å². The summed E-state index contributed by atoms with van der Waals surface area (Å²) in [6.07, 6.45) is -0.984. The lowest BCUT2D eigenvalue weighted by Crippen LogP contribution is -2.63. The van der Waals surface area contributed by atoms with Crippen LogP contribution < -0.4 is 10.1 Å². The van der Waals surface area contributed by atoms with Crippen LogP contribution >= 0.6 is 0 Å². The van der Waals surface area contributed by atoms with Gasteiger partial charge in [0.05, 0.1) is 12.7 Å². The third-order valence-corrected chi connectivity index (χ3v) is 7.61. The first-order valence-corrected chi connectivity index (χ1v) is 12.3. The number of piperidine rings is 3. The molecular weight excluding hydrogens is 449 g/mol. The van der Waals surface area contributed by atoms with Crippen LogP contribution in [0.15, 0.2) is 72.8 Å². The molecule has 3 saturated heterocycles. The maximum absolute atomic E-state index is 13.1. The van der Waals surface area contributed by atoms with Crippen molar-refractivity contribution in [1.82, 2.24) is 10.2 Å². The van der Waals surface area contributed by atoms with E-state index in [1.54, 1.807) is 13.2 Å². The highest BCUT2D eigenvalue weighted by Gasteiger charge is 2.41. The fraction of sp³-hybridized carbons (Fsp3) is 0.379. The zero-order valence-electron chi connectivity index (χ0n) is 19.9. The zero-order chi connectivity index (χ0) is 24.4. The van der Waals surface area contributed by atoms with E-state index in [0.29, 0.717) is 23.6 Å². The van der Waals surface area contributed by atoms with Gasteiger partial charge < -0.3 is 10.1 Å². The summed E-state index contributed by atoms with van der Waals surface area (Å²) >= 11 is 0. The summed E-state index contributed by atoms with van der Waals surface area (Å²) in [5, 5.41) is 3.84. The predicted molar refractivity (Wildman–Crippen MR) is 132 cm³/mol. The second-order valence-electron chi connectivity index (χ2n) is 9.64. The lowest BCUT2D eigenvalue weighted by molar-refractivity contribution is -0.137. The number of alkyl halides is 3. The molecule has 2 atom stereocenters. The van der Waals surface area contributed by atoms with Gasteiger partial charge in [0.15, 0.2) is 0 Å². The van der Waals surface area contributed by atoms with E-state index in [1.807, 2.05) is 30.3 Å². The summed E-state index contributed by atoms with van der Waals surface area (Å²) < 4.78 is 44.9. The molecule has 0 aromatic heterocycles. The van der Waals surface area contributed by atoms with Gasteiger partial charge in [0.25, 0.3) is 0 Å². The minimum Gasteiger partial charge on any atom is -0.496 e. The van der Waals surface area contributed by atoms with E-state index >= 15 is 0 Å². The van der Waals surface area contributed by atoms with Crippen LogP contribution in [0.25, 0.3) is 11.1 Å². The lowest BCUT2D eigenvalue weighted by atomic mass is 9.76. The summed E-state index contributed by atoms with van der Waals surface area (Å²) in [6.45, 7) is 3.03. The van der Waals surface area contributed by atoms with Gasteiger partial charge in [-0.05, 0) is 73.2 Å². The summed E-state index contributed by atoms with van der Waals surface area (Å²) in [5.41, 5.74) is 3.14. The Labute approximate surface area is 204 Å². The topological polar surface area (TPSA) is 24.5 Å². The molecule has 1 N–H and O–H groups in total. The maximum atomic E-state index is 13.1. The van der Waals surface area contributed by atoms with Crippen LogP contribution in [0, 0.1) is 5.92 Å². The van der Waals surface area contributed by atoms with Gasteiger partial charge >= 0.3 is 6.18 Å². The molecule has 3 aliphatic heterocycles. The van der Waals surface area contributed by atoms with Gasteiger partial charge in [-0.25, -0.2) is 0 Å². The molecule has 35 heavy (non-hydrogen) atoms. The predicted octanol–water partition coefficient (Wildman–Crippen LogP) is 6.18. The minimum atomic E-state index is -4.34. The summed E-state index contributed by atoms with van der Waals surface area (Å²) in [7, 11) is 1.71. The van der Waals surface area contributed by atoms with Gasteiger partial charge in [0.1, 0.15) is 5.75 Å². The fourth-order valence-electron chi connectivity index (χ4n) is 5.74. The molecule has 6 rings (SSSR count). The second-order valence-corrected chi connectivity index (χ2v) is 9.64. The molecule has 3 fully saturated rings. The van der Waals surface area contributed by atoms with Crippen molar-refractivity contribution < 1.29 is 17.9 Å². The van der Waals surface area contributed by atoms with Crippen LogP contribution in [-0.4, -0.2) is 37.2 Å². The van der Waals surface area contributed by atoms with Crippen molar-refractivity contribution in [3.63, 3.8) is 0 Å². The van der Waals surface area contributed by atoms with E-state index in [1.165, 1.54) is 30.5 Å². The van der Waals surface area contributed by atoms with E-state index in [9.17, 15) is 13.2 Å². The van der Waals surface area contributed by atoms with Gasteiger partial charge in [-0.2, -0.15) is 13.2 Å². The molecule has 0 radical (unpaired) electrons. The third kappa shape index (κ3) is 5.24. The largest absolute Gasteiger partial charge is 0.496 e. The maximum Gasteiger partial charge on any atom is 0.416 e. The molecular formula is C29H31F3N2O. The quantitative estimate of drug-likeness (QED) is 0.437. The first kappa shape index (κ1) is 23.9. The first-order chi connectivity index (χ1) is 16.9. The van der Waals surface area contributed by atoms with Crippen LogP contribution in [0.3, 0.4) is 0 Å². The number of rotatable bonds is 7. The summed E-state index contributed by atoms with van der Waals surface area (Å²) in [4.78, 5) is 2.60.